The zero-order valence-electron chi connectivity index (χ0n) is 15.4. The Balaban J connectivity index is 1.67. The van der Waals surface area contributed by atoms with Crippen molar-refractivity contribution in [3.05, 3.63) is 56.3 Å². The van der Waals surface area contributed by atoms with Gasteiger partial charge in [0.15, 0.2) is 4.77 Å². The number of aromatic amines is 1. The summed E-state index contributed by atoms with van der Waals surface area (Å²) in [5.74, 6) is -0.599. The van der Waals surface area contributed by atoms with Crippen molar-refractivity contribution < 1.29 is 14.2 Å². The van der Waals surface area contributed by atoms with Crippen LogP contribution in [-0.4, -0.2) is 65.2 Å². The van der Waals surface area contributed by atoms with Crippen LogP contribution in [-0.2, 0) is 11.3 Å². The van der Waals surface area contributed by atoms with Crippen LogP contribution in [0.5, 0.6) is 5.88 Å². The Labute approximate surface area is 167 Å². The number of ether oxygens (including phenoxy) is 1. The number of halogens is 1. The summed E-state index contributed by atoms with van der Waals surface area (Å²) >= 11 is 5.15. The van der Waals surface area contributed by atoms with Gasteiger partial charge in [0, 0.05) is 32.4 Å². The molecule has 2 heterocycles. The fourth-order valence-electron chi connectivity index (χ4n) is 2.98. The number of aromatic nitrogens is 2. The van der Waals surface area contributed by atoms with Gasteiger partial charge in [-0.2, -0.15) is 0 Å². The van der Waals surface area contributed by atoms with E-state index in [1.807, 2.05) is 0 Å². The fraction of sp³-hybridized carbons (Fsp3) is 0.421. The number of nitrogens with one attached hydrogen (secondary N) is 1. The molecule has 2 aromatic rings. The first-order valence-electron chi connectivity index (χ1n) is 9.15. The maximum absolute atomic E-state index is 13.1. The average Bonchev–Trinajstić information content (AvgIpc) is 2.69. The lowest BCUT2D eigenvalue weighted by Crippen LogP contribution is -2.37. The zero-order chi connectivity index (χ0) is 19.9. The van der Waals surface area contributed by atoms with E-state index in [-0.39, 0.29) is 28.6 Å². The van der Waals surface area contributed by atoms with Crippen LogP contribution in [0, 0.1) is 10.6 Å². The quantitative estimate of drug-likeness (QED) is 0.417. The van der Waals surface area contributed by atoms with Gasteiger partial charge in [0.05, 0.1) is 19.8 Å². The summed E-state index contributed by atoms with van der Waals surface area (Å²) in [6.45, 7) is 5.03. The molecule has 3 rings (SSSR count). The standard InChI is InChI=1S/C19H23FN4O3S/c20-15-4-2-14(3-5-15)13-24-18(26)16(17(25)22-19(24)28)12-21-6-1-7-23-8-10-27-11-9-23/h2-5,12,26H,1,6-11,13H2,(H,22,25,28). The van der Waals surface area contributed by atoms with Crippen LogP contribution >= 0.6 is 12.2 Å². The highest BCUT2D eigenvalue weighted by molar-refractivity contribution is 7.71. The molecular formula is C19H23FN4O3S. The van der Waals surface area contributed by atoms with Crippen LogP contribution in [0.25, 0.3) is 0 Å². The molecule has 0 spiro atoms. The molecule has 28 heavy (non-hydrogen) atoms. The van der Waals surface area contributed by atoms with Gasteiger partial charge in [0.1, 0.15) is 11.4 Å². The molecule has 2 N–H and O–H groups in total. The molecule has 0 saturated carbocycles. The number of nitrogens with zero attached hydrogens (tertiary/aromatic N) is 3. The highest BCUT2D eigenvalue weighted by atomic mass is 32.1. The third-order valence-electron chi connectivity index (χ3n) is 4.55. The van der Waals surface area contributed by atoms with Gasteiger partial charge in [-0.25, -0.2) is 4.39 Å². The first-order valence-corrected chi connectivity index (χ1v) is 9.56. The molecule has 1 aliphatic heterocycles. The Bertz CT molecular complexity index is 934. The second-order valence-electron chi connectivity index (χ2n) is 6.55. The van der Waals surface area contributed by atoms with Crippen LogP contribution in [0.3, 0.4) is 0 Å². The van der Waals surface area contributed by atoms with Crippen molar-refractivity contribution in [1.82, 2.24) is 14.5 Å². The van der Waals surface area contributed by atoms with Crippen molar-refractivity contribution in [2.45, 2.75) is 13.0 Å². The van der Waals surface area contributed by atoms with Crippen molar-refractivity contribution in [3.63, 3.8) is 0 Å². The van der Waals surface area contributed by atoms with Crippen molar-refractivity contribution >= 4 is 18.4 Å². The normalized spacial score (nSPS) is 15.3. The van der Waals surface area contributed by atoms with Crippen molar-refractivity contribution in [3.8, 4) is 5.88 Å². The van der Waals surface area contributed by atoms with Gasteiger partial charge in [-0.1, -0.05) is 12.1 Å². The molecule has 0 aliphatic carbocycles. The maximum Gasteiger partial charge on any atom is 0.264 e. The number of benzene rings is 1. The van der Waals surface area contributed by atoms with Crippen molar-refractivity contribution in [2.24, 2.45) is 4.99 Å². The van der Waals surface area contributed by atoms with E-state index in [9.17, 15) is 14.3 Å². The van der Waals surface area contributed by atoms with Crippen LogP contribution in [0.2, 0.25) is 0 Å². The molecule has 1 fully saturated rings. The smallest absolute Gasteiger partial charge is 0.264 e. The molecule has 1 aromatic carbocycles. The molecule has 1 saturated heterocycles. The summed E-state index contributed by atoms with van der Waals surface area (Å²) in [5, 5.41) is 10.5. The highest BCUT2D eigenvalue weighted by Gasteiger charge is 2.12. The zero-order valence-corrected chi connectivity index (χ0v) is 16.3. The first-order chi connectivity index (χ1) is 13.5. The topological polar surface area (TPSA) is 82.8 Å². The lowest BCUT2D eigenvalue weighted by atomic mass is 10.2. The predicted molar refractivity (Wildman–Crippen MR) is 107 cm³/mol. The molecule has 0 atom stereocenters. The van der Waals surface area contributed by atoms with Gasteiger partial charge in [-0.15, -0.1) is 0 Å². The van der Waals surface area contributed by atoms with Crippen LogP contribution < -0.4 is 5.56 Å². The fourth-order valence-corrected chi connectivity index (χ4v) is 3.22. The lowest BCUT2D eigenvalue weighted by molar-refractivity contribution is 0.0377. The molecule has 0 unspecified atom stereocenters. The van der Waals surface area contributed by atoms with Gasteiger partial charge in [0.25, 0.3) is 5.56 Å². The predicted octanol–water partition coefficient (Wildman–Crippen LogP) is 1.94. The number of morpholine rings is 1. The molecule has 0 bridgehead atoms. The number of H-pyrrole nitrogens is 1. The second-order valence-corrected chi connectivity index (χ2v) is 6.94. The van der Waals surface area contributed by atoms with E-state index >= 15 is 0 Å². The van der Waals surface area contributed by atoms with Crippen LogP contribution in [0.4, 0.5) is 4.39 Å². The largest absolute Gasteiger partial charge is 0.494 e. The second kappa shape index (κ2) is 9.72. The summed E-state index contributed by atoms with van der Waals surface area (Å²) in [6, 6.07) is 5.86. The number of aromatic hydroxyl groups is 1. The van der Waals surface area contributed by atoms with Gasteiger partial charge in [-0.3, -0.25) is 24.2 Å². The monoisotopic (exact) mass is 406 g/mol. The van der Waals surface area contributed by atoms with Crippen LogP contribution in [0.15, 0.2) is 34.1 Å². The van der Waals surface area contributed by atoms with Gasteiger partial charge in [0.2, 0.25) is 5.88 Å². The molecular weight excluding hydrogens is 383 g/mol. The van der Waals surface area contributed by atoms with E-state index in [1.54, 1.807) is 12.1 Å². The summed E-state index contributed by atoms with van der Waals surface area (Å²) in [7, 11) is 0. The Morgan fingerprint density at radius 3 is 2.71 bits per heavy atom. The van der Waals surface area contributed by atoms with Crippen molar-refractivity contribution in [1.29, 1.82) is 0 Å². The molecule has 150 valence electrons. The molecule has 0 radical (unpaired) electrons. The van der Waals surface area contributed by atoms with Gasteiger partial charge in [-0.05, 0) is 36.3 Å². The van der Waals surface area contributed by atoms with E-state index in [2.05, 4.69) is 14.9 Å². The molecule has 7 nitrogen and oxygen atoms in total. The summed E-state index contributed by atoms with van der Waals surface area (Å²) in [4.78, 5) is 21.3. The first kappa shape index (κ1) is 20.4. The highest BCUT2D eigenvalue weighted by Crippen LogP contribution is 2.15. The molecule has 0 amide bonds. The van der Waals surface area contributed by atoms with E-state index in [4.69, 9.17) is 17.0 Å². The number of aliphatic imine (C=N–C) groups is 1. The Kier molecular flexibility index (Phi) is 7.07. The average molecular weight is 406 g/mol. The lowest BCUT2D eigenvalue weighted by Gasteiger charge is -2.26. The van der Waals surface area contributed by atoms with Gasteiger partial charge >= 0.3 is 0 Å². The Morgan fingerprint density at radius 2 is 2.00 bits per heavy atom. The number of rotatable bonds is 7. The molecule has 9 heteroatoms. The molecule has 1 aromatic heterocycles. The van der Waals surface area contributed by atoms with Crippen molar-refractivity contribution in [2.75, 3.05) is 39.4 Å². The molecule has 1 aliphatic rings. The van der Waals surface area contributed by atoms with E-state index in [1.165, 1.54) is 22.9 Å². The Morgan fingerprint density at radius 1 is 1.29 bits per heavy atom. The minimum Gasteiger partial charge on any atom is -0.494 e. The van der Waals surface area contributed by atoms with E-state index in [0.717, 1.165) is 44.8 Å². The minimum absolute atomic E-state index is 0.0575. The summed E-state index contributed by atoms with van der Waals surface area (Å²) in [5.41, 5.74) is 0.310. The maximum atomic E-state index is 13.1. The summed E-state index contributed by atoms with van der Waals surface area (Å²) < 4.78 is 19.9. The third kappa shape index (κ3) is 5.34. The van der Waals surface area contributed by atoms with E-state index in [0.29, 0.717) is 6.54 Å². The number of hydrogen-bond donors (Lipinski definition) is 2. The number of hydrogen-bond acceptors (Lipinski definition) is 6. The summed E-state index contributed by atoms with van der Waals surface area (Å²) in [6.07, 6.45) is 2.23. The minimum atomic E-state index is -0.491. The Hall–Kier alpha value is -2.36. The SMILES string of the molecule is O=c1[nH]c(=S)n(Cc2ccc(F)cc2)c(O)c1C=NCCCN1CCOCC1. The van der Waals surface area contributed by atoms with Gasteiger partial charge < -0.3 is 9.84 Å². The van der Waals surface area contributed by atoms with E-state index < -0.39 is 5.56 Å². The third-order valence-corrected chi connectivity index (χ3v) is 4.87. The van der Waals surface area contributed by atoms with Crippen LogP contribution in [0.1, 0.15) is 17.5 Å².